The Kier molecular flexibility index (Phi) is 4.45. The molecule has 1 aliphatic rings. The zero-order valence-electron chi connectivity index (χ0n) is 10.2. The molecule has 2 atom stereocenters. The van der Waals surface area contributed by atoms with Crippen LogP contribution in [0.5, 0.6) is 0 Å². The van der Waals surface area contributed by atoms with E-state index in [9.17, 15) is 4.39 Å². The Morgan fingerprint density at radius 2 is 2.47 bits per heavy atom. The van der Waals surface area contributed by atoms with Crippen molar-refractivity contribution in [2.24, 2.45) is 0 Å². The second-order valence-corrected chi connectivity index (χ2v) is 4.49. The first-order chi connectivity index (χ1) is 8.29. The molecule has 0 spiro atoms. The lowest BCUT2D eigenvalue weighted by Gasteiger charge is -2.18. The highest BCUT2D eigenvalue weighted by molar-refractivity contribution is 5.14. The predicted molar refractivity (Wildman–Crippen MR) is 64.2 cm³/mol. The third-order valence-corrected chi connectivity index (χ3v) is 3.28. The van der Waals surface area contributed by atoms with Gasteiger partial charge in [-0.25, -0.2) is 4.39 Å². The number of hydrogen-bond donors (Lipinski definition) is 1. The van der Waals surface area contributed by atoms with Crippen LogP contribution in [0.3, 0.4) is 0 Å². The number of ether oxygens (including phenoxy) is 1. The maximum atomic E-state index is 13.1. The van der Waals surface area contributed by atoms with E-state index < -0.39 is 0 Å². The Hall–Kier alpha value is -1.00. The molecular formula is C13H19FN2O. The second-order valence-electron chi connectivity index (χ2n) is 4.49. The Morgan fingerprint density at radius 3 is 3.12 bits per heavy atom. The molecule has 0 amide bonds. The van der Waals surface area contributed by atoms with Gasteiger partial charge in [-0.05, 0) is 44.4 Å². The van der Waals surface area contributed by atoms with Gasteiger partial charge in [0.2, 0.25) is 0 Å². The average Bonchev–Trinajstić information content (AvgIpc) is 2.83. The lowest BCUT2D eigenvalue weighted by atomic mass is 10.0. The number of rotatable bonds is 5. The van der Waals surface area contributed by atoms with E-state index in [1.165, 1.54) is 6.20 Å². The Balaban J connectivity index is 1.91. The van der Waals surface area contributed by atoms with Gasteiger partial charge in [-0.3, -0.25) is 4.98 Å². The SMILES string of the molecule is CNC(CCC1CCCO1)c1cncc(F)c1. The van der Waals surface area contributed by atoms with E-state index in [1.807, 2.05) is 7.05 Å². The standard InChI is InChI=1S/C13H19FN2O/c1-15-13(5-4-12-3-2-6-17-12)10-7-11(14)9-16-8-10/h7-9,12-13,15H,2-6H2,1H3. The summed E-state index contributed by atoms with van der Waals surface area (Å²) in [6, 6.07) is 1.70. The molecule has 94 valence electrons. The minimum atomic E-state index is -0.278. The van der Waals surface area contributed by atoms with Crippen LogP contribution in [0.1, 0.15) is 37.3 Å². The van der Waals surface area contributed by atoms with Gasteiger partial charge >= 0.3 is 0 Å². The molecule has 0 bridgehead atoms. The fraction of sp³-hybridized carbons (Fsp3) is 0.615. The molecule has 1 saturated heterocycles. The zero-order valence-corrected chi connectivity index (χ0v) is 10.2. The van der Waals surface area contributed by atoms with Crippen LogP contribution in [0, 0.1) is 5.82 Å². The van der Waals surface area contributed by atoms with Gasteiger partial charge in [-0.15, -0.1) is 0 Å². The molecule has 3 nitrogen and oxygen atoms in total. The fourth-order valence-electron chi connectivity index (χ4n) is 2.32. The molecule has 1 aromatic heterocycles. The van der Waals surface area contributed by atoms with Crippen molar-refractivity contribution >= 4 is 0 Å². The first-order valence-corrected chi connectivity index (χ1v) is 6.19. The van der Waals surface area contributed by atoms with Gasteiger partial charge in [0.1, 0.15) is 5.82 Å². The van der Waals surface area contributed by atoms with Crippen molar-refractivity contribution in [2.75, 3.05) is 13.7 Å². The molecule has 2 unspecified atom stereocenters. The van der Waals surface area contributed by atoms with Crippen molar-refractivity contribution in [3.63, 3.8) is 0 Å². The third kappa shape index (κ3) is 3.48. The quantitative estimate of drug-likeness (QED) is 0.855. The van der Waals surface area contributed by atoms with Crippen molar-refractivity contribution in [3.8, 4) is 0 Å². The number of halogens is 1. The van der Waals surface area contributed by atoms with Crippen molar-refractivity contribution in [3.05, 3.63) is 29.8 Å². The largest absolute Gasteiger partial charge is 0.378 e. The summed E-state index contributed by atoms with van der Waals surface area (Å²) in [6.45, 7) is 0.885. The lowest BCUT2D eigenvalue weighted by molar-refractivity contribution is 0.0998. The number of pyridine rings is 1. The minimum absolute atomic E-state index is 0.155. The molecule has 2 rings (SSSR count). The van der Waals surface area contributed by atoms with Crippen LogP contribution in [-0.4, -0.2) is 24.7 Å². The van der Waals surface area contributed by atoms with Crippen LogP contribution in [0.4, 0.5) is 4.39 Å². The number of nitrogens with one attached hydrogen (secondary N) is 1. The van der Waals surface area contributed by atoms with E-state index in [-0.39, 0.29) is 11.9 Å². The van der Waals surface area contributed by atoms with E-state index >= 15 is 0 Å². The monoisotopic (exact) mass is 238 g/mol. The molecule has 1 aromatic rings. The highest BCUT2D eigenvalue weighted by Crippen LogP contribution is 2.23. The summed E-state index contributed by atoms with van der Waals surface area (Å²) in [5, 5.41) is 3.21. The number of aromatic nitrogens is 1. The second kappa shape index (κ2) is 6.07. The Labute approximate surface area is 101 Å². The van der Waals surface area contributed by atoms with Crippen molar-refractivity contribution < 1.29 is 9.13 Å². The highest BCUT2D eigenvalue weighted by Gasteiger charge is 2.18. The summed E-state index contributed by atoms with van der Waals surface area (Å²) >= 11 is 0. The Morgan fingerprint density at radius 1 is 1.59 bits per heavy atom. The fourth-order valence-corrected chi connectivity index (χ4v) is 2.32. The van der Waals surface area contributed by atoms with Gasteiger partial charge in [-0.2, -0.15) is 0 Å². The van der Waals surface area contributed by atoms with Gasteiger partial charge < -0.3 is 10.1 Å². The molecule has 0 saturated carbocycles. The summed E-state index contributed by atoms with van der Waals surface area (Å²) in [5.41, 5.74) is 0.908. The van der Waals surface area contributed by atoms with E-state index in [0.717, 1.165) is 37.9 Å². The van der Waals surface area contributed by atoms with Gasteiger partial charge in [0.25, 0.3) is 0 Å². The van der Waals surface area contributed by atoms with Gasteiger partial charge in [0, 0.05) is 18.8 Å². The third-order valence-electron chi connectivity index (χ3n) is 3.28. The Bertz CT molecular complexity index is 353. The summed E-state index contributed by atoms with van der Waals surface area (Å²) in [7, 11) is 1.89. The van der Waals surface area contributed by atoms with Crippen LogP contribution in [0.25, 0.3) is 0 Å². The molecule has 17 heavy (non-hydrogen) atoms. The van der Waals surface area contributed by atoms with Crippen molar-refractivity contribution in [1.29, 1.82) is 0 Å². The summed E-state index contributed by atoms with van der Waals surface area (Å²) in [6.07, 6.45) is 7.62. The highest BCUT2D eigenvalue weighted by atomic mass is 19.1. The predicted octanol–water partition coefficient (Wildman–Crippen LogP) is 2.44. The molecule has 1 N–H and O–H groups in total. The first kappa shape index (κ1) is 12.5. The molecule has 0 radical (unpaired) electrons. The average molecular weight is 238 g/mol. The molecule has 0 aromatic carbocycles. The molecule has 4 heteroatoms. The summed E-state index contributed by atoms with van der Waals surface area (Å²) in [4.78, 5) is 3.89. The van der Waals surface area contributed by atoms with E-state index in [4.69, 9.17) is 4.74 Å². The molecular weight excluding hydrogens is 219 g/mol. The van der Waals surface area contributed by atoms with Gasteiger partial charge in [0.15, 0.2) is 0 Å². The van der Waals surface area contributed by atoms with Crippen LogP contribution in [-0.2, 0) is 4.74 Å². The lowest BCUT2D eigenvalue weighted by Crippen LogP contribution is -2.19. The van der Waals surface area contributed by atoms with Crippen LogP contribution >= 0.6 is 0 Å². The van der Waals surface area contributed by atoms with Crippen LogP contribution in [0.15, 0.2) is 18.5 Å². The van der Waals surface area contributed by atoms with E-state index in [1.54, 1.807) is 12.3 Å². The maximum absolute atomic E-state index is 13.1. The van der Waals surface area contributed by atoms with E-state index in [0.29, 0.717) is 6.10 Å². The first-order valence-electron chi connectivity index (χ1n) is 6.19. The molecule has 1 fully saturated rings. The smallest absolute Gasteiger partial charge is 0.141 e. The molecule has 2 heterocycles. The zero-order chi connectivity index (χ0) is 12.1. The summed E-state index contributed by atoms with van der Waals surface area (Å²) in [5.74, 6) is -0.278. The number of nitrogens with zero attached hydrogens (tertiary/aromatic N) is 1. The van der Waals surface area contributed by atoms with Crippen molar-refractivity contribution in [2.45, 2.75) is 37.8 Å². The van der Waals surface area contributed by atoms with Gasteiger partial charge in [0.05, 0.1) is 12.3 Å². The van der Waals surface area contributed by atoms with E-state index in [2.05, 4.69) is 10.3 Å². The van der Waals surface area contributed by atoms with Crippen LogP contribution in [0.2, 0.25) is 0 Å². The molecule has 1 aliphatic heterocycles. The normalized spacial score (nSPS) is 21.6. The maximum Gasteiger partial charge on any atom is 0.141 e. The molecule has 0 aliphatic carbocycles. The summed E-state index contributed by atoms with van der Waals surface area (Å²) < 4.78 is 18.7. The van der Waals surface area contributed by atoms with Gasteiger partial charge in [-0.1, -0.05) is 0 Å². The van der Waals surface area contributed by atoms with Crippen LogP contribution < -0.4 is 5.32 Å². The number of hydrogen-bond acceptors (Lipinski definition) is 3. The van der Waals surface area contributed by atoms with Crippen molar-refractivity contribution in [1.82, 2.24) is 10.3 Å². The topological polar surface area (TPSA) is 34.1 Å². The minimum Gasteiger partial charge on any atom is -0.378 e.